The maximum absolute atomic E-state index is 10.7. The van der Waals surface area contributed by atoms with Crippen molar-refractivity contribution in [3.05, 3.63) is 12.7 Å². The first kappa shape index (κ1) is 8.85. The number of nitrogens with one attached hydrogen (secondary N) is 1. The smallest absolute Gasteiger partial charge is 0.0912 e. The van der Waals surface area contributed by atoms with E-state index in [2.05, 4.69) is 11.3 Å². The molecule has 0 aliphatic heterocycles. The Balaban J connectivity index is 3.06. The Bertz CT molecular complexity index is 103. The summed E-state index contributed by atoms with van der Waals surface area (Å²) in [6.07, 6.45) is 2.69. The molecule has 0 amide bonds. The maximum atomic E-state index is 10.7. The largest absolute Gasteiger partial charge is 0.243 e. The fraction of sp³-hybridized carbons (Fsp3) is 0.667. The van der Waals surface area contributed by atoms with E-state index in [1.54, 1.807) is 6.08 Å². The summed E-state index contributed by atoms with van der Waals surface area (Å²) < 4.78 is 13.5. The average Bonchev–Trinajstić information content (AvgIpc) is 1.89. The zero-order valence-corrected chi connectivity index (χ0v) is 6.54. The molecule has 0 heterocycles. The fourth-order valence-electron chi connectivity index (χ4n) is 0.377. The number of hydrogen-bond acceptors (Lipinski definition) is 1. The average molecular weight is 147 g/mol. The van der Waals surface area contributed by atoms with Crippen LogP contribution in [0.2, 0.25) is 0 Å². The molecule has 2 nitrogen and oxygen atoms in total. The summed E-state index contributed by atoms with van der Waals surface area (Å²) in [6.45, 7) is 6.20. The molecule has 0 aromatic rings. The van der Waals surface area contributed by atoms with Gasteiger partial charge in [-0.2, -0.15) is 0 Å². The summed E-state index contributed by atoms with van der Waals surface area (Å²) in [5.41, 5.74) is 0. The second-order valence-corrected chi connectivity index (χ2v) is 3.16. The highest BCUT2D eigenvalue weighted by Gasteiger charge is 1.89. The van der Waals surface area contributed by atoms with Crippen LogP contribution in [0.4, 0.5) is 0 Å². The van der Waals surface area contributed by atoms with E-state index in [-0.39, 0.29) is 0 Å². The van der Waals surface area contributed by atoms with Gasteiger partial charge in [-0.1, -0.05) is 13.0 Å². The van der Waals surface area contributed by atoms with Gasteiger partial charge in [0.2, 0.25) is 0 Å². The summed E-state index contributed by atoms with van der Waals surface area (Å²) in [7, 11) is -0.826. The van der Waals surface area contributed by atoms with Crippen molar-refractivity contribution in [2.75, 3.05) is 12.3 Å². The van der Waals surface area contributed by atoms with E-state index in [1.807, 2.05) is 6.92 Å². The van der Waals surface area contributed by atoms with Crippen molar-refractivity contribution in [2.45, 2.75) is 13.3 Å². The van der Waals surface area contributed by atoms with E-state index >= 15 is 0 Å². The molecule has 0 aromatic heterocycles. The highest BCUT2D eigenvalue weighted by molar-refractivity contribution is 7.82. The van der Waals surface area contributed by atoms with Crippen molar-refractivity contribution in [1.82, 2.24) is 4.72 Å². The van der Waals surface area contributed by atoms with Crippen molar-refractivity contribution in [1.29, 1.82) is 0 Å². The highest BCUT2D eigenvalue weighted by Crippen LogP contribution is 1.78. The van der Waals surface area contributed by atoms with Gasteiger partial charge in [-0.05, 0) is 6.42 Å². The molecule has 0 spiro atoms. The van der Waals surface area contributed by atoms with Gasteiger partial charge in [0, 0.05) is 12.3 Å². The van der Waals surface area contributed by atoms with Crippen LogP contribution in [0.1, 0.15) is 13.3 Å². The highest BCUT2D eigenvalue weighted by atomic mass is 32.2. The molecule has 54 valence electrons. The van der Waals surface area contributed by atoms with Gasteiger partial charge in [-0.3, -0.25) is 0 Å². The van der Waals surface area contributed by atoms with Crippen LogP contribution in [0.25, 0.3) is 0 Å². The summed E-state index contributed by atoms with van der Waals surface area (Å²) in [4.78, 5) is 0. The monoisotopic (exact) mass is 147 g/mol. The molecule has 0 saturated carbocycles. The fourth-order valence-corrected chi connectivity index (χ4v) is 0.927. The van der Waals surface area contributed by atoms with E-state index < -0.39 is 11.0 Å². The molecule has 1 unspecified atom stereocenters. The van der Waals surface area contributed by atoms with Crippen molar-refractivity contribution in [3.8, 4) is 0 Å². The van der Waals surface area contributed by atoms with Crippen LogP contribution in [-0.4, -0.2) is 16.5 Å². The molecule has 9 heavy (non-hydrogen) atoms. The third-order valence-electron chi connectivity index (χ3n) is 0.874. The standard InChI is InChI=1S/C6H13NOS/c1-3-5-6-7-9(8)4-2/h3,7H,1,4-6H2,2H3. The third-order valence-corrected chi connectivity index (χ3v) is 1.92. The zero-order chi connectivity index (χ0) is 7.11. The molecule has 0 aliphatic carbocycles. The zero-order valence-electron chi connectivity index (χ0n) is 5.72. The van der Waals surface area contributed by atoms with Gasteiger partial charge in [0.05, 0.1) is 11.0 Å². The SMILES string of the molecule is C=CCCNS(=O)CC. The minimum absolute atomic E-state index is 0.678. The first-order chi connectivity index (χ1) is 4.31. The lowest BCUT2D eigenvalue weighted by Gasteiger charge is -1.97. The molecular formula is C6H13NOS. The van der Waals surface area contributed by atoms with E-state index in [0.29, 0.717) is 5.75 Å². The van der Waals surface area contributed by atoms with E-state index in [0.717, 1.165) is 13.0 Å². The van der Waals surface area contributed by atoms with Crippen LogP contribution >= 0.6 is 0 Å². The van der Waals surface area contributed by atoms with Crippen molar-refractivity contribution < 1.29 is 4.21 Å². The lowest BCUT2D eigenvalue weighted by molar-refractivity contribution is 0.673. The second-order valence-electron chi connectivity index (χ2n) is 1.61. The normalized spacial score (nSPS) is 13.0. The molecule has 3 heteroatoms. The molecular weight excluding hydrogens is 134 g/mol. The lowest BCUT2D eigenvalue weighted by atomic mass is 10.4. The molecule has 0 fully saturated rings. The summed E-state index contributed by atoms with van der Waals surface area (Å²) in [6, 6.07) is 0. The summed E-state index contributed by atoms with van der Waals surface area (Å²) in [5.74, 6) is 0.678. The van der Waals surface area contributed by atoms with Crippen LogP contribution in [0.3, 0.4) is 0 Å². The Morgan fingerprint density at radius 3 is 2.89 bits per heavy atom. The van der Waals surface area contributed by atoms with Gasteiger partial charge < -0.3 is 0 Å². The van der Waals surface area contributed by atoms with E-state index in [4.69, 9.17) is 0 Å². The van der Waals surface area contributed by atoms with Gasteiger partial charge >= 0.3 is 0 Å². The first-order valence-corrected chi connectivity index (χ1v) is 4.36. The minimum atomic E-state index is -0.826. The maximum Gasteiger partial charge on any atom is 0.0912 e. The Morgan fingerprint density at radius 2 is 2.44 bits per heavy atom. The molecule has 0 rings (SSSR count). The van der Waals surface area contributed by atoms with Crippen LogP contribution < -0.4 is 4.72 Å². The van der Waals surface area contributed by atoms with Crippen LogP contribution in [-0.2, 0) is 11.0 Å². The predicted molar refractivity (Wildman–Crippen MR) is 41.5 cm³/mol. The number of hydrogen-bond donors (Lipinski definition) is 1. The van der Waals surface area contributed by atoms with E-state index in [1.165, 1.54) is 0 Å². The lowest BCUT2D eigenvalue weighted by Crippen LogP contribution is -2.19. The Morgan fingerprint density at radius 1 is 1.78 bits per heavy atom. The van der Waals surface area contributed by atoms with Crippen molar-refractivity contribution in [2.24, 2.45) is 0 Å². The Labute approximate surface area is 58.9 Å². The van der Waals surface area contributed by atoms with Gasteiger partial charge in [0.15, 0.2) is 0 Å². The van der Waals surface area contributed by atoms with Crippen molar-refractivity contribution >= 4 is 11.0 Å². The Kier molecular flexibility index (Phi) is 5.88. The minimum Gasteiger partial charge on any atom is -0.243 e. The van der Waals surface area contributed by atoms with Crippen LogP contribution in [0, 0.1) is 0 Å². The second kappa shape index (κ2) is 5.98. The van der Waals surface area contributed by atoms with E-state index in [9.17, 15) is 4.21 Å². The third kappa shape index (κ3) is 5.73. The topological polar surface area (TPSA) is 29.1 Å². The van der Waals surface area contributed by atoms with Gasteiger partial charge in [-0.15, -0.1) is 6.58 Å². The molecule has 1 N–H and O–H groups in total. The summed E-state index contributed by atoms with van der Waals surface area (Å²) in [5, 5.41) is 0. The molecule has 0 radical (unpaired) electrons. The molecule has 0 aliphatic rings. The van der Waals surface area contributed by atoms with Crippen molar-refractivity contribution in [3.63, 3.8) is 0 Å². The number of rotatable bonds is 5. The molecule has 0 aromatic carbocycles. The van der Waals surface area contributed by atoms with Gasteiger partial charge in [0.25, 0.3) is 0 Å². The summed E-state index contributed by atoms with van der Waals surface area (Å²) >= 11 is 0. The molecule has 0 saturated heterocycles. The van der Waals surface area contributed by atoms with Crippen LogP contribution in [0.5, 0.6) is 0 Å². The molecule has 0 bridgehead atoms. The van der Waals surface area contributed by atoms with Gasteiger partial charge in [0.1, 0.15) is 0 Å². The predicted octanol–water partition coefficient (Wildman–Crippen LogP) is 0.836. The van der Waals surface area contributed by atoms with Crippen LogP contribution in [0.15, 0.2) is 12.7 Å². The molecule has 1 atom stereocenters. The Hall–Kier alpha value is -0.150. The first-order valence-electron chi connectivity index (χ1n) is 3.04. The quantitative estimate of drug-likeness (QED) is 0.453. The van der Waals surface area contributed by atoms with Gasteiger partial charge in [-0.25, -0.2) is 8.93 Å².